The summed E-state index contributed by atoms with van der Waals surface area (Å²) in [7, 11) is 1.24. The van der Waals surface area contributed by atoms with Crippen LogP contribution in [0.4, 0.5) is 0 Å². The highest BCUT2D eigenvalue weighted by molar-refractivity contribution is 9.10. The molecular weight excluding hydrogens is 490 g/mol. The van der Waals surface area contributed by atoms with Crippen LogP contribution in [-0.2, 0) is 19.1 Å². The van der Waals surface area contributed by atoms with Gasteiger partial charge in [0.1, 0.15) is 24.1 Å². The van der Waals surface area contributed by atoms with Crippen molar-refractivity contribution in [3.05, 3.63) is 48.0 Å². The van der Waals surface area contributed by atoms with Crippen LogP contribution >= 0.6 is 27.7 Å². The van der Waals surface area contributed by atoms with Crippen LogP contribution in [0, 0.1) is 0 Å². The van der Waals surface area contributed by atoms with E-state index in [1.165, 1.54) is 54.1 Å². The summed E-state index contributed by atoms with van der Waals surface area (Å²) < 4.78 is 7.49. The van der Waals surface area contributed by atoms with Crippen molar-refractivity contribution < 1.29 is 33.8 Å². The number of rotatable bonds is 7. The molecule has 1 N–H and O–H groups in total. The lowest BCUT2D eigenvalue weighted by Gasteiger charge is -2.51. The maximum absolute atomic E-state index is 13.1. The van der Waals surface area contributed by atoms with Gasteiger partial charge in [0.05, 0.1) is 12.7 Å². The highest BCUT2D eigenvalue weighted by Crippen LogP contribution is 2.59. The van der Waals surface area contributed by atoms with E-state index in [-0.39, 0.29) is 17.7 Å². The van der Waals surface area contributed by atoms with Crippen molar-refractivity contribution in [1.82, 2.24) is 4.90 Å². The number of carbonyl (C=O) groups is 4. The van der Waals surface area contributed by atoms with Crippen molar-refractivity contribution in [3.63, 3.8) is 0 Å². The first kappa shape index (κ1) is 23.5. The van der Waals surface area contributed by atoms with Crippen LogP contribution in [-0.4, -0.2) is 73.9 Å². The van der Waals surface area contributed by atoms with Crippen LogP contribution in [0.3, 0.4) is 0 Å². The number of amides is 1. The van der Waals surface area contributed by atoms with Gasteiger partial charge in [-0.1, -0.05) is 40.7 Å². The number of aliphatic hydroxyl groups is 1. The Morgan fingerprint density at radius 1 is 1.29 bits per heavy atom. The number of Topliss-reactive ketones (excluding diaryl/α,β-unsaturated/α-hetero) is 1. The third-order valence-electron chi connectivity index (χ3n) is 5.33. The summed E-state index contributed by atoms with van der Waals surface area (Å²) in [6.45, 7) is 7.13. The molecule has 2 fully saturated rings. The van der Waals surface area contributed by atoms with Gasteiger partial charge in [-0.3, -0.25) is 9.59 Å². The van der Waals surface area contributed by atoms with Crippen LogP contribution in [0.15, 0.2) is 36.9 Å². The van der Waals surface area contributed by atoms with E-state index in [4.69, 9.17) is 4.74 Å². The van der Waals surface area contributed by atoms with Gasteiger partial charge < -0.3 is 19.5 Å². The van der Waals surface area contributed by atoms with E-state index in [9.17, 15) is 24.3 Å². The monoisotopic (exact) mass is 511 g/mol. The lowest BCUT2D eigenvalue weighted by atomic mass is 9.84. The molecule has 1 amide bonds. The number of ether oxygens (including phenoxy) is 2. The fourth-order valence-electron chi connectivity index (χ4n) is 3.74. The molecule has 10 heteroatoms. The number of fused-ring (bicyclic) bond motifs is 1. The van der Waals surface area contributed by atoms with E-state index < -0.39 is 50.2 Å². The van der Waals surface area contributed by atoms with Gasteiger partial charge >= 0.3 is 11.9 Å². The van der Waals surface area contributed by atoms with Gasteiger partial charge in [0.2, 0.25) is 5.91 Å². The molecule has 1 aromatic rings. The van der Waals surface area contributed by atoms with Gasteiger partial charge in [0, 0.05) is 10.3 Å². The van der Waals surface area contributed by atoms with Crippen molar-refractivity contribution in [2.75, 3.05) is 13.7 Å². The Hall–Kier alpha value is -2.17. The zero-order chi connectivity index (χ0) is 23.1. The Morgan fingerprint density at radius 2 is 1.87 bits per heavy atom. The van der Waals surface area contributed by atoms with Gasteiger partial charge in [-0.25, -0.2) is 9.59 Å². The second-order valence-corrected chi connectivity index (χ2v) is 10.8. The Bertz CT molecular complexity index is 948. The largest absolute Gasteiger partial charge is 0.465 e. The molecule has 166 valence electrons. The Kier molecular flexibility index (Phi) is 6.37. The Labute approximate surface area is 192 Å². The number of aliphatic hydroxyl groups excluding tert-OH is 1. The lowest BCUT2D eigenvalue weighted by molar-refractivity contribution is -0.166. The summed E-state index contributed by atoms with van der Waals surface area (Å²) in [5, 5.41) is 10.2. The van der Waals surface area contributed by atoms with Gasteiger partial charge in [-0.05, 0) is 26.0 Å². The number of hydrogen-bond acceptors (Lipinski definition) is 8. The van der Waals surface area contributed by atoms with E-state index in [1.807, 2.05) is 0 Å². The van der Waals surface area contributed by atoms with Gasteiger partial charge in [0.25, 0.3) is 0 Å². The third-order valence-corrected chi connectivity index (χ3v) is 8.49. The maximum atomic E-state index is 13.1. The van der Waals surface area contributed by atoms with Gasteiger partial charge in [-0.15, -0.1) is 11.8 Å². The first-order chi connectivity index (χ1) is 14.5. The smallest absolute Gasteiger partial charge is 0.337 e. The lowest BCUT2D eigenvalue weighted by Crippen LogP contribution is -2.75. The minimum absolute atomic E-state index is 0.0188. The zero-order valence-corrected chi connectivity index (χ0v) is 19.6. The van der Waals surface area contributed by atoms with Crippen LogP contribution in [0.2, 0.25) is 0 Å². The topological polar surface area (TPSA) is 110 Å². The predicted molar refractivity (Wildman–Crippen MR) is 117 cm³/mol. The molecular formula is C21H22BrNO7S. The van der Waals surface area contributed by atoms with Crippen LogP contribution < -0.4 is 0 Å². The predicted octanol–water partition coefficient (Wildman–Crippen LogP) is 1.94. The molecule has 0 radical (unpaired) electrons. The highest BCUT2D eigenvalue weighted by atomic mass is 79.9. The number of halogens is 1. The van der Waals surface area contributed by atoms with E-state index in [2.05, 4.69) is 27.2 Å². The number of methoxy groups -OCH3 is 1. The number of β-lactam (4-membered cyclic amide) rings is 1. The van der Waals surface area contributed by atoms with Gasteiger partial charge in [-0.2, -0.15) is 0 Å². The van der Waals surface area contributed by atoms with Crippen LogP contribution in [0.1, 0.15) is 34.6 Å². The molecule has 2 aliphatic rings. The molecule has 0 spiro atoms. The SMILES string of the molecule is C=CCOC(=O)[C@@H]1N2C(=O)[C@@](Br)(C(O)C(=O)c3ccc(C(=O)OC)cc3)[C@H]2SC1(C)C. The number of thioether (sulfide) groups is 1. The first-order valence-electron chi connectivity index (χ1n) is 9.38. The fourth-order valence-corrected chi connectivity index (χ4v) is 6.29. The number of ketones is 1. The second kappa shape index (κ2) is 8.40. The molecule has 0 aromatic heterocycles. The zero-order valence-electron chi connectivity index (χ0n) is 17.2. The quantitative estimate of drug-likeness (QED) is 0.194. The molecule has 3 rings (SSSR count). The average molecular weight is 512 g/mol. The van der Waals surface area contributed by atoms with Crippen molar-refractivity contribution >= 4 is 51.3 Å². The Morgan fingerprint density at radius 3 is 2.42 bits per heavy atom. The average Bonchev–Trinajstić information content (AvgIpc) is 3.04. The summed E-state index contributed by atoms with van der Waals surface area (Å²) in [5.74, 6) is -2.37. The molecule has 31 heavy (non-hydrogen) atoms. The summed E-state index contributed by atoms with van der Waals surface area (Å²) in [5.41, 5.74) is 0.386. The third kappa shape index (κ3) is 3.70. The summed E-state index contributed by atoms with van der Waals surface area (Å²) in [6.07, 6.45) is -0.262. The van der Waals surface area contributed by atoms with Crippen molar-refractivity contribution in [1.29, 1.82) is 0 Å². The molecule has 1 aromatic carbocycles. The highest BCUT2D eigenvalue weighted by Gasteiger charge is 2.74. The number of nitrogens with zero attached hydrogens (tertiary/aromatic N) is 1. The number of hydrogen-bond donors (Lipinski definition) is 1. The number of alkyl halides is 1. The van der Waals surface area contributed by atoms with E-state index >= 15 is 0 Å². The molecule has 4 atom stereocenters. The van der Waals surface area contributed by atoms with Crippen molar-refractivity contribution in [3.8, 4) is 0 Å². The van der Waals surface area contributed by atoms with Gasteiger partial charge in [0.15, 0.2) is 10.1 Å². The van der Waals surface area contributed by atoms with Crippen LogP contribution in [0.5, 0.6) is 0 Å². The molecule has 0 aliphatic carbocycles. The molecule has 0 bridgehead atoms. The first-order valence-corrected chi connectivity index (χ1v) is 11.1. The number of benzene rings is 1. The summed E-state index contributed by atoms with van der Waals surface area (Å²) >= 11 is 4.61. The van der Waals surface area contributed by atoms with E-state index in [0.717, 1.165) is 0 Å². The minimum Gasteiger partial charge on any atom is -0.465 e. The fraction of sp³-hybridized carbons (Fsp3) is 0.429. The molecule has 8 nitrogen and oxygen atoms in total. The summed E-state index contributed by atoms with van der Waals surface area (Å²) in [6, 6.07) is 4.72. The summed E-state index contributed by atoms with van der Waals surface area (Å²) in [4.78, 5) is 51.4. The molecule has 2 heterocycles. The molecule has 0 saturated carbocycles. The van der Waals surface area contributed by atoms with E-state index in [1.54, 1.807) is 13.8 Å². The normalized spacial score (nSPS) is 27.0. The minimum atomic E-state index is -1.70. The van der Waals surface area contributed by atoms with Crippen molar-refractivity contribution in [2.45, 2.75) is 40.4 Å². The maximum Gasteiger partial charge on any atom is 0.337 e. The number of esters is 2. The number of carbonyl (C=O) groups excluding carboxylic acids is 4. The van der Waals surface area contributed by atoms with E-state index in [0.29, 0.717) is 0 Å². The van der Waals surface area contributed by atoms with Crippen LogP contribution in [0.25, 0.3) is 0 Å². The Balaban J connectivity index is 1.83. The molecule has 1 unspecified atom stereocenters. The molecule has 2 saturated heterocycles. The standard InChI is InChI=1S/C21H22BrNO7S/c1-5-10-30-17(27)14-20(2,3)31-19-21(22,18(28)23(14)19)15(25)13(24)11-6-8-12(9-7-11)16(26)29-4/h5-9,14-15,19,25H,1,10H2,2-4H3/t14-,15?,19+,21-/m0/s1. The molecule has 2 aliphatic heterocycles. The second-order valence-electron chi connectivity index (χ2n) is 7.71. The van der Waals surface area contributed by atoms with Crippen molar-refractivity contribution in [2.24, 2.45) is 0 Å².